The second-order valence-corrected chi connectivity index (χ2v) is 22.0. The molecular weight excluding hydrogens is 870 g/mol. The highest BCUT2D eigenvalue weighted by atomic mass is 31.2. The monoisotopic (exact) mass is 986 g/mol. The highest BCUT2D eigenvalue weighted by Crippen LogP contribution is 2.43. The number of unbranched alkanes of at least 4 members (excludes halogenated alkanes) is 45. The van der Waals surface area contributed by atoms with E-state index in [1.807, 2.05) is 0 Å². The number of phosphoric ester groups is 1. The van der Waals surface area contributed by atoms with Gasteiger partial charge < -0.3 is 20.1 Å². The van der Waals surface area contributed by atoms with E-state index in [-0.39, 0.29) is 38.6 Å². The van der Waals surface area contributed by atoms with Crippen LogP contribution in [-0.2, 0) is 32.7 Å². The molecule has 68 heavy (non-hydrogen) atoms. The molecule has 10 heteroatoms. The summed E-state index contributed by atoms with van der Waals surface area (Å²) in [5.74, 6) is -0.803. The molecule has 0 amide bonds. The quantitative estimate of drug-likeness (QED) is 0.0347. The molecule has 0 fully saturated rings. The summed E-state index contributed by atoms with van der Waals surface area (Å²) in [6, 6.07) is 0. The highest BCUT2D eigenvalue weighted by molar-refractivity contribution is 7.47. The third-order valence-electron chi connectivity index (χ3n) is 13.7. The minimum Gasteiger partial charge on any atom is -0.462 e. The van der Waals surface area contributed by atoms with Gasteiger partial charge in [-0.2, -0.15) is 0 Å². The summed E-state index contributed by atoms with van der Waals surface area (Å²) < 4.78 is 33.0. The van der Waals surface area contributed by atoms with Gasteiger partial charge in [0.25, 0.3) is 0 Å². The molecule has 0 aliphatic carbocycles. The van der Waals surface area contributed by atoms with Crippen molar-refractivity contribution in [2.24, 2.45) is 5.73 Å². The lowest BCUT2D eigenvalue weighted by Crippen LogP contribution is -2.29. The summed E-state index contributed by atoms with van der Waals surface area (Å²) in [5.41, 5.74) is 5.38. The minimum absolute atomic E-state index is 0.0585. The lowest BCUT2D eigenvalue weighted by Gasteiger charge is -2.19. The summed E-state index contributed by atoms with van der Waals surface area (Å²) in [6.45, 7) is 3.82. The van der Waals surface area contributed by atoms with Gasteiger partial charge in [-0.25, -0.2) is 4.57 Å². The van der Waals surface area contributed by atoms with Crippen LogP contribution in [0.3, 0.4) is 0 Å². The first-order chi connectivity index (χ1) is 33.3. The van der Waals surface area contributed by atoms with Gasteiger partial charge in [-0.15, -0.1) is 0 Å². The topological polar surface area (TPSA) is 134 Å². The second kappa shape index (κ2) is 55.3. The van der Waals surface area contributed by atoms with Gasteiger partial charge in [-0.3, -0.25) is 18.6 Å². The average molecular weight is 987 g/mol. The van der Waals surface area contributed by atoms with E-state index < -0.39 is 26.5 Å². The van der Waals surface area contributed by atoms with E-state index >= 15 is 0 Å². The van der Waals surface area contributed by atoms with Crippen LogP contribution in [0.5, 0.6) is 0 Å². The number of rotatable bonds is 58. The van der Waals surface area contributed by atoms with Crippen molar-refractivity contribution in [3.63, 3.8) is 0 Å². The van der Waals surface area contributed by atoms with Crippen LogP contribution in [0.1, 0.15) is 328 Å². The van der Waals surface area contributed by atoms with Crippen LogP contribution in [0.2, 0.25) is 0 Å². The second-order valence-electron chi connectivity index (χ2n) is 20.6. The predicted molar refractivity (Wildman–Crippen MR) is 289 cm³/mol. The zero-order valence-electron chi connectivity index (χ0n) is 45.4. The predicted octanol–water partition coefficient (Wildman–Crippen LogP) is 18.7. The molecule has 0 aliphatic heterocycles. The van der Waals surface area contributed by atoms with Gasteiger partial charge in [0.15, 0.2) is 6.10 Å². The van der Waals surface area contributed by atoms with Crippen molar-refractivity contribution >= 4 is 19.8 Å². The van der Waals surface area contributed by atoms with Gasteiger partial charge >= 0.3 is 19.8 Å². The van der Waals surface area contributed by atoms with Crippen molar-refractivity contribution in [2.45, 2.75) is 335 Å². The van der Waals surface area contributed by atoms with Gasteiger partial charge in [0, 0.05) is 19.4 Å². The molecule has 2 atom stereocenters. The Balaban J connectivity index is 3.82. The fourth-order valence-electron chi connectivity index (χ4n) is 9.29. The minimum atomic E-state index is -4.38. The zero-order chi connectivity index (χ0) is 49.5. The van der Waals surface area contributed by atoms with E-state index in [0.717, 1.165) is 32.1 Å². The summed E-state index contributed by atoms with van der Waals surface area (Å²) >= 11 is 0. The Morgan fingerprint density at radius 3 is 0.897 bits per heavy atom. The summed E-state index contributed by atoms with van der Waals surface area (Å²) in [6.07, 6.45) is 61.8. The van der Waals surface area contributed by atoms with E-state index in [2.05, 4.69) is 13.8 Å². The molecule has 0 rings (SSSR count). The van der Waals surface area contributed by atoms with Crippen molar-refractivity contribution < 1.29 is 37.6 Å². The van der Waals surface area contributed by atoms with Crippen molar-refractivity contribution in [3.05, 3.63) is 0 Å². The molecule has 0 heterocycles. The lowest BCUT2D eigenvalue weighted by molar-refractivity contribution is -0.161. The summed E-state index contributed by atoms with van der Waals surface area (Å²) in [5, 5.41) is 0. The standard InChI is InChI=1S/C58H116NO8P/c1-3-5-7-9-11-13-15-17-19-21-22-23-24-25-26-27-28-29-30-31-32-33-34-35-37-39-41-43-45-47-49-51-58(61)67-56(55-66-68(62,63)65-53-52-59)54-64-57(60)50-48-46-44-42-40-38-36-20-18-16-14-12-10-8-6-4-2/h56H,3-55,59H2,1-2H3,(H,62,63). The summed E-state index contributed by atoms with van der Waals surface area (Å²) in [7, 11) is -4.38. The fourth-order valence-corrected chi connectivity index (χ4v) is 10.1. The number of carbonyl (C=O) groups excluding carboxylic acids is 2. The number of phosphoric acid groups is 1. The molecule has 0 saturated carbocycles. The lowest BCUT2D eigenvalue weighted by atomic mass is 10.0. The molecule has 0 radical (unpaired) electrons. The van der Waals surface area contributed by atoms with E-state index in [4.69, 9.17) is 24.3 Å². The van der Waals surface area contributed by atoms with Gasteiger partial charge in [0.2, 0.25) is 0 Å². The Morgan fingerprint density at radius 1 is 0.382 bits per heavy atom. The first kappa shape index (κ1) is 67.0. The van der Waals surface area contributed by atoms with Crippen molar-refractivity contribution in [2.75, 3.05) is 26.4 Å². The van der Waals surface area contributed by atoms with Gasteiger partial charge in [0.05, 0.1) is 13.2 Å². The largest absolute Gasteiger partial charge is 0.472 e. The molecule has 3 N–H and O–H groups in total. The van der Waals surface area contributed by atoms with Gasteiger partial charge in [0.1, 0.15) is 6.61 Å². The summed E-state index contributed by atoms with van der Waals surface area (Å²) in [4.78, 5) is 35.1. The third-order valence-corrected chi connectivity index (χ3v) is 14.7. The van der Waals surface area contributed by atoms with Crippen LogP contribution in [0.25, 0.3) is 0 Å². The van der Waals surface area contributed by atoms with Gasteiger partial charge in [-0.05, 0) is 12.8 Å². The first-order valence-corrected chi connectivity index (χ1v) is 31.5. The van der Waals surface area contributed by atoms with Crippen molar-refractivity contribution in [3.8, 4) is 0 Å². The average Bonchev–Trinajstić information content (AvgIpc) is 3.33. The highest BCUT2D eigenvalue weighted by Gasteiger charge is 2.26. The molecule has 0 saturated heterocycles. The SMILES string of the molecule is CCCCCCCCCCCCCCCCCCCCCCCCCCCCCCCCCC(=O)OC(COC(=O)CCCCCCCCCCCCCCCCCC)COP(=O)(O)OCCN. The van der Waals surface area contributed by atoms with Crippen LogP contribution in [-0.4, -0.2) is 49.3 Å². The van der Waals surface area contributed by atoms with E-state index in [9.17, 15) is 19.0 Å². The Labute approximate surface area is 422 Å². The molecule has 9 nitrogen and oxygen atoms in total. The smallest absolute Gasteiger partial charge is 0.462 e. The maximum absolute atomic E-state index is 12.7. The van der Waals surface area contributed by atoms with Gasteiger partial charge in [-0.1, -0.05) is 303 Å². The molecular formula is C58H116NO8P. The molecule has 0 aromatic heterocycles. The maximum Gasteiger partial charge on any atom is 0.472 e. The molecule has 0 spiro atoms. The molecule has 0 bridgehead atoms. The number of hydrogen-bond acceptors (Lipinski definition) is 8. The van der Waals surface area contributed by atoms with Crippen LogP contribution in [0.15, 0.2) is 0 Å². The number of hydrogen-bond donors (Lipinski definition) is 2. The zero-order valence-corrected chi connectivity index (χ0v) is 46.3. The fraction of sp³-hybridized carbons (Fsp3) is 0.966. The maximum atomic E-state index is 12.7. The molecule has 0 aromatic carbocycles. The van der Waals surface area contributed by atoms with Crippen molar-refractivity contribution in [1.82, 2.24) is 0 Å². The number of carbonyl (C=O) groups is 2. The van der Waals surface area contributed by atoms with E-state index in [1.165, 1.54) is 263 Å². The van der Waals surface area contributed by atoms with Crippen molar-refractivity contribution in [1.29, 1.82) is 0 Å². The Kier molecular flexibility index (Phi) is 54.5. The van der Waals surface area contributed by atoms with E-state index in [1.54, 1.807) is 0 Å². The van der Waals surface area contributed by atoms with Crippen LogP contribution in [0, 0.1) is 0 Å². The van der Waals surface area contributed by atoms with Crippen LogP contribution >= 0.6 is 7.82 Å². The Bertz CT molecular complexity index is 1080. The Hall–Kier alpha value is -0.990. The number of ether oxygens (including phenoxy) is 2. The molecule has 406 valence electrons. The number of nitrogens with two attached hydrogens (primary N) is 1. The molecule has 0 aromatic rings. The number of esters is 2. The van der Waals surface area contributed by atoms with Crippen LogP contribution in [0.4, 0.5) is 0 Å². The molecule has 2 unspecified atom stereocenters. The third kappa shape index (κ3) is 54.3. The normalized spacial score (nSPS) is 12.9. The first-order valence-electron chi connectivity index (χ1n) is 30.0. The molecule has 0 aliphatic rings. The Morgan fingerprint density at radius 2 is 0.632 bits per heavy atom. The van der Waals surface area contributed by atoms with E-state index in [0.29, 0.717) is 6.42 Å². The van der Waals surface area contributed by atoms with Crippen LogP contribution < -0.4 is 5.73 Å².